The largest absolute Gasteiger partial charge is 0.493 e. The van der Waals surface area contributed by atoms with E-state index in [0.29, 0.717) is 39.0 Å². The van der Waals surface area contributed by atoms with Crippen LogP contribution in [0.1, 0.15) is 5.56 Å². The van der Waals surface area contributed by atoms with Gasteiger partial charge in [0.05, 0.1) is 30.8 Å². The van der Waals surface area contributed by atoms with Gasteiger partial charge < -0.3 is 20.1 Å². The van der Waals surface area contributed by atoms with Crippen LogP contribution in [0.25, 0.3) is 0 Å². The van der Waals surface area contributed by atoms with Crippen LogP contribution < -0.4 is 20.1 Å². The van der Waals surface area contributed by atoms with Gasteiger partial charge in [0.1, 0.15) is 0 Å². The Balaban J connectivity index is 1.61. The highest BCUT2D eigenvalue weighted by molar-refractivity contribution is 7.80. The average Bonchev–Trinajstić information content (AvgIpc) is 3.11. The standard InChI is InChI=1S/C19H18Cl2N4O2S/c1-26-16-6-4-13(10-17(16)27-2)22-19(28)23-18-7-8-25(24-18)11-12-3-5-14(20)15(21)9-12/h3-10H,11H2,1-2H3,(H2,22,23,24,28). The molecule has 0 saturated heterocycles. The fourth-order valence-electron chi connectivity index (χ4n) is 2.53. The lowest BCUT2D eigenvalue weighted by molar-refractivity contribution is 0.355. The van der Waals surface area contributed by atoms with E-state index in [2.05, 4.69) is 15.7 Å². The average molecular weight is 437 g/mol. The van der Waals surface area contributed by atoms with Crippen molar-refractivity contribution in [3.63, 3.8) is 0 Å². The Bertz CT molecular complexity index is 994. The smallest absolute Gasteiger partial charge is 0.176 e. The van der Waals surface area contributed by atoms with E-state index in [-0.39, 0.29) is 0 Å². The molecule has 2 N–H and O–H groups in total. The second-order valence-corrected chi connectivity index (χ2v) is 7.02. The van der Waals surface area contributed by atoms with Crippen LogP contribution in [0.15, 0.2) is 48.7 Å². The normalized spacial score (nSPS) is 10.4. The summed E-state index contributed by atoms with van der Waals surface area (Å²) in [5.74, 6) is 1.88. The number of nitrogens with zero attached hydrogens (tertiary/aromatic N) is 2. The number of halogens is 2. The molecule has 0 spiro atoms. The van der Waals surface area contributed by atoms with Crippen molar-refractivity contribution in [2.45, 2.75) is 6.54 Å². The monoisotopic (exact) mass is 436 g/mol. The molecule has 0 radical (unpaired) electrons. The van der Waals surface area contributed by atoms with E-state index >= 15 is 0 Å². The van der Waals surface area contributed by atoms with Gasteiger partial charge in [0, 0.05) is 24.0 Å². The molecule has 0 unspecified atom stereocenters. The summed E-state index contributed by atoms with van der Waals surface area (Å²) in [5.41, 5.74) is 1.76. The topological polar surface area (TPSA) is 60.3 Å². The van der Waals surface area contributed by atoms with Crippen LogP contribution in [0.3, 0.4) is 0 Å². The van der Waals surface area contributed by atoms with Crippen LogP contribution in [0, 0.1) is 0 Å². The van der Waals surface area contributed by atoms with Crippen LogP contribution in [-0.4, -0.2) is 29.1 Å². The number of rotatable bonds is 6. The van der Waals surface area contributed by atoms with E-state index in [1.165, 1.54) is 0 Å². The molecule has 0 bridgehead atoms. The fourth-order valence-corrected chi connectivity index (χ4v) is 3.08. The van der Waals surface area contributed by atoms with Gasteiger partial charge in [-0.25, -0.2) is 0 Å². The number of benzene rings is 2. The highest BCUT2D eigenvalue weighted by Crippen LogP contribution is 2.29. The van der Waals surface area contributed by atoms with Gasteiger partial charge >= 0.3 is 0 Å². The molecule has 6 nitrogen and oxygen atoms in total. The summed E-state index contributed by atoms with van der Waals surface area (Å²) in [6, 6.07) is 12.8. The van der Waals surface area contributed by atoms with Crippen molar-refractivity contribution in [3.05, 3.63) is 64.3 Å². The molecular formula is C19H18Cl2N4O2S. The van der Waals surface area contributed by atoms with Crippen molar-refractivity contribution in [1.29, 1.82) is 0 Å². The van der Waals surface area contributed by atoms with Crippen molar-refractivity contribution in [1.82, 2.24) is 9.78 Å². The SMILES string of the molecule is COc1ccc(NC(=S)Nc2ccn(Cc3ccc(Cl)c(Cl)c3)n2)cc1OC. The quantitative estimate of drug-likeness (QED) is 0.526. The number of methoxy groups -OCH3 is 2. The minimum atomic E-state index is 0.409. The summed E-state index contributed by atoms with van der Waals surface area (Å²) in [7, 11) is 3.17. The zero-order valence-electron chi connectivity index (χ0n) is 15.2. The van der Waals surface area contributed by atoms with Crippen LogP contribution in [0.5, 0.6) is 11.5 Å². The van der Waals surface area contributed by atoms with Crippen molar-refractivity contribution < 1.29 is 9.47 Å². The summed E-state index contributed by atoms with van der Waals surface area (Å²) in [4.78, 5) is 0. The first-order chi connectivity index (χ1) is 13.5. The van der Waals surface area contributed by atoms with Gasteiger partial charge in [-0.15, -0.1) is 0 Å². The Hall–Kier alpha value is -2.48. The molecule has 0 atom stereocenters. The van der Waals surface area contributed by atoms with E-state index in [1.54, 1.807) is 37.1 Å². The summed E-state index contributed by atoms with van der Waals surface area (Å²) >= 11 is 17.4. The number of aromatic nitrogens is 2. The molecule has 3 aromatic rings. The molecule has 1 heterocycles. The number of nitrogens with one attached hydrogen (secondary N) is 2. The van der Waals surface area contributed by atoms with E-state index in [0.717, 1.165) is 11.3 Å². The highest BCUT2D eigenvalue weighted by Gasteiger charge is 2.07. The lowest BCUT2D eigenvalue weighted by Gasteiger charge is -2.12. The molecule has 2 aromatic carbocycles. The van der Waals surface area contributed by atoms with Gasteiger partial charge in [0.15, 0.2) is 22.4 Å². The molecule has 146 valence electrons. The van der Waals surface area contributed by atoms with E-state index < -0.39 is 0 Å². The molecule has 0 aliphatic carbocycles. The third kappa shape index (κ3) is 5.07. The Morgan fingerprint density at radius 2 is 1.79 bits per heavy atom. The maximum Gasteiger partial charge on any atom is 0.176 e. The second kappa shape index (κ2) is 9.14. The number of hydrogen-bond acceptors (Lipinski definition) is 4. The highest BCUT2D eigenvalue weighted by atomic mass is 35.5. The molecule has 1 aromatic heterocycles. The van der Waals surface area contributed by atoms with Crippen molar-refractivity contribution in [2.75, 3.05) is 24.9 Å². The molecule has 28 heavy (non-hydrogen) atoms. The zero-order valence-corrected chi connectivity index (χ0v) is 17.5. The van der Waals surface area contributed by atoms with Gasteiger partial charge in [-0.3, -0.25) is 4.68 Å². The number of hydrogen-bond donors (Lipinski definition) is 2. The predicted molar refractivity (Wildman–Crippen MR) is 117 cm³/mol. The van der Waals surface area contributed by atoms with E-state index in [4.69, 9.17) is 44.9 Å². The van der Waals surface area contributed by atoms with E-state index in [9.17, 15) is 0 Å². The number of thiocarbonyl (C=S) groups is 1. The molecule has 0 aliphatic rings. The molecular weight excluding hydrogens is 419 g/mol. The second-order valence-electron chi connectivity index (χ2n) is 5.80. The maximum absolute atomic E-state index is 6.06. The summed E-state index contributed by atoms with van der Waals surface area (Å²) < 4.78 is 12.3. The first kappa shape index (κ1) is 20.3. The molecule has 0 saturated carbocycles. The third-order valence-electron chi connectivity index (χ3n) is 3.85. The molecule has 9 heteroatoms. The van der Waals surface area contributed by atoms with Crippen LogP contribution in [0.4, 0.5) is 11.5 Å². The van der Waals surface area contributed by atoms with Crippen LogP contribution in [0.2, 0.25) is 10.0 Å². The molecule has 0 fully saturated rings. The zero-order chi connectivity index (χ0) is 20.1. The van der Waals surface area contributed by atoms with Crippen molar-refractivity contribution in [2.24, 2.45) is 0 Å². The van der Waals surface area contributed by atoms with Crippen LogP contribution in [-0.2, 0) is 6.54 Å². The van der Waals surface area contributed by atoms with Crippen LogP contribution >= 0.6 is 35.4 Å². The van der Waals surface area contributed by atoms with Gasteiger partial charge in [-0.2, -0.15) is 5.10 Å². The summed E-state index contributed by atoms with van der Waals surface area (Å²) in [5, 5.41) is 12.1. The van der Waals surface area contributed by atoms with Gasteiger partial charge in [-0.1, -0.05) is 29.3 Å². The first-order valence-corrected chi connectivity index (χ1v) is 9.42. The minimum absolute atomic E-state index is 0.409. The minimum Gasteiger partial charge on any atom is -0.493 e. The summed E-state index contributed by atoms with van der Waals surface area (Å²) in [6.07, 6.45) is 1.85. The fraction of sp³-hybridized carbons (Fsp3) is 0.158. The Morgan fingerprint density at radius 3 is 2.50 bits per heavy atom. The summed E-state index contributed by atoms with van der Waals surface area (Å²) in [6.45, 7) is 0.564. The van der Waals surface area contributed by atoms with E-state index in [1.807, 2.05) is 30.5 Å². The van der Waals surface area contributed by atoms with Gasteiger partial charge in [0.2, 0.25) is 0 Å². The maximum atomic E-state index is 6.06. The molecule has 0 amide bonds. The predicted octanol–water partition coefficient (Wildman–Crippen LogP) is 5.06. The first-order valence-electron chi connectivity index (χ1n) is 8.26. The molecule has 0 aliphatic heterocycles. The van der Waals surface area contributed by atoms with Crippen molar-refractivity contribution >= 4 is 52.0 Å². The van der Waals surface area contributed by atoms with Gasteiger partial charge in [-0.05, 0) is 42.0 Å². The third-order valence-corrected chi connectivity index (χ3v) is 4.80. The van der Waals surface area contributed by atoms with Gasteiger partial charge in [0.25, 0.3) is 0 Å². The Labute approximate surface area is 178 Å². The lowest BCUT2D eigenvalue weighted by atomic mass is 10.2. The number of anilines is 2. The Morgan fingerprint density at radius 1 is 1.00 bits per heavy atom. The lowest BCUT2D eigenvalue weighted by Crippen LogP contribution is -2.19. The Kier molecular flexibility index (Phi) is 6.61. The van der Waals surface area contributed by atoms with Crippen molar-refractivity contribution in [3.8, 4) is 11.5 Å². The molecule has 3 rings (SSSR count). The number of ether oxygens (including phenoxy) is 2.